The molecule has 0 aliphatic rings. The van der Waals surface area contributed by atoms with Crippen LogP contribution in [0.1, 0.15) is 16.8 Å². The van der Waals surface area contributed by atoms with Gasteiger partial charge in [-0.05, 0) is 37.1 Å². The van der Waals surface area contributed by atoms with Crippen LogP contribution in [0.15, 0.2) is 41.6 Å². The van der Waals surface area contributed by atoms with Crippen LogP contribution < -0.4 is 10.2 Å². The number of rotatable bonds is 5. The van der Waals surface area contributed by atoms with Crippen LogP contribution in [0.25, 0.3) is 0 Å². The number of aromatic amines is 1. The van der Waals surface area contributed by atoms with E-state index in [0.717, 1.165) is 22.6 Å². The van der Waals surface area contributed by atoms with Crippen molar-refractivity contribution < 1.29 is 9.53 Å². The van der Waals surface area contributed by atoms with Gasteiger partial charge in [-0.15, -0.1) is 0 Å². The van der Waals surface area contributed by atoms with Gasteiger partial charge in [-0.3, -0.25) is 4.79 Å². The maximum atomic E-state index is 11.6. The molecule has 0 radical (unpaired) electrons. The number of para-hydroxylation sites is 1. The highest BCUT2D eigenvalue weighted by Crippen LogP contribution is 2.21. The summed E-state index contributed by atoms with van der Waals surface area (Å²) in [6.07, 6.45) is 3.32. The molecule has 20 heavy (non-hydrogen) atoms. The molecular formula is C15H17N3O2. The zero-order valence-corrected chi connectivity index (χ0v) is 11.5. The van der Waals surface area contributed by atoms with Crippen LogP contribution in [0.4, 0.5) is 0 Å². The van der Waals surface area contributed by atoms with E-state index in [-0.39, 0.29) is 12.5 Å². The molecule has 0 unspecified atom stereocenters. The Morgan fingerprint density at radius 1 is 1.30 bits per heavy atom. The Morgan fingerprint density at radius 3 is 2.70 bits per heavy atom. The van der Waals surface area contributed by atoms with Gasteiger partial charge < -0.3 is 9.72 Å². The summed E-state index contributed by atoms with van der Waals surface area (Å²) in [4.78, 5) is 14.6. The number of amides is 1. The van der Waals surface area contributed by atoms with E-state index in [4.69, 9.17) is 4.74 Å². The SMILES string of the molecule is Cc1cccc(C)c1OCC(=O)NN=Cc1ccc[nH]1. The molecule has 5 nitrogen and oxygen atoms in total. The number of carbonyl (C=O) groups is 1. The van der Waals surface area contributed by atoms with E-state index in [9.17, 15) is 4.79 Å². The molecular weight excluding hydrogens is 254 g/mol. The van der Waals surface area contributed by atoms with Gasteiger partial charge in [-0.1, -0.05) is 18.2 Å². The van der Waals surface area contributed by atoms with Gasteiger partial charge >= 0.3 is 0 Å². The standard InChI is InChI=1S/C15H17N3O2/c1-11-5-3-6-12(2)15(11)20-10-14(19)18-17-9-13-7-4-8-16-13/h3-9,16H,10H2,1-2H3,(H,18,19). The molecule has 0 spiro atoms. The van der Waals surface area contributed by atoms with Crippen LogP contribution in [-0.2, 0) is 4.79 Å². The fourth-order valence-electron chi connectivity index (χ4n) is 1.80. The number of hydrogen-bond acceptors (Lipinski definition) is 3. The van der Waals surface area contributed by atoms with E-state index in [0.29, 0.717) is 0 Å². The topological polar surface area (TPSA) is 66.5 Å². The maximum Gasteiger partial charge on any atom is 0.277 e. The minimum absolute atomic E-state index is 0.0617. The second kappa shape index (κ2) is 6.56. The number of aryl methyl sites for hydroxylation is 2. The van der Waals surface area contributed by atoms with Crippen LogP contribution in [0.3, 0.4) is 0 Å². The fourth-order valence-corrected chi connectivity index (χ4v) is 1.80. The zero-order valence-electron chi connectivity index (χ0n) is 11.5. The minimum Gasteiger partial charge on any atom is -0.483 e. The second-order valence-corrected chi connectivity index (χ2v) is 4.43. The van der Waals surface area contributed by atoms with E-state index in [2.05, 4.69) is 15.5 Å². The molecule has 2 N–H and O–H groups in total. The summed E-state index contributed by atoms with van der Waals surface area (Å²) >= 11 is 0. The van der Waals surface area contributed by atoms with E-state index in [1.165, 1.54) is 6.21 Å². The maximum absolute atomic E-state index is 11.6. The molecule has 0 fully saturated rings. The van der Waals surface area contributed by atoms with Gasteiger partial charge in [-0.25, -0.2) is 5.43 Å². The van der Waals surface area contributed by atoms with Gasteiger partial charge in [0.2, 0.25) is 0 Å². The van der Waals surface area contributed by atoms with Gasteiger partial charge in [0.1, 0.15) is 5.75 Å². The smallest absolute Gasteiger partial charge is 0.277 e. The Morgan fingerprint density at radius 2 is 2.05 bits per heavy atom. The number of H-pyrrole nitrogens is 1. The van der Waals surface area contributed by atoms with E-state index < -0.39 is 0 Å². The van der Waals surface area contributed by atoms with Crippen LogP contribution >= 0.6 is 0 Å². The summed E-state index contributed by atoms with van der Waals surface area (Å²) < 4.78 is 5.52. The van der Waals surface area contributed by atoms with Gasteiger partial charge in [0.15, 0.2) is 6.61 Å². The highest BCUT2D eigenvalue weighted by atomic mass is 16.5. The van der Waals surface area contributed by atoms with Crippen molar-refractivity contribution in [2.75, 3.05) is 6.61 Å². The number of nitrogens with one attached hydrogen (secondary N) is 2. The Bertz CT molecular complexity index is 583. The van der Waals surface area contributed by atoms with Crippen molar-refractivity contribution in [2.45, 2.75) is 13.8 Å². The van der Waals surface area contributed by atoms with E-state index in [1.54, 1.807) is 6.20 Å². The molecule has 0 aliphatic heterocycles. The van der Waals surface area contributed by atoms with E-state index in [1.807, 2.05) is 44.2 Å². The van der Waals surface area contributed by atoms with Crippen molar-refractivity contribution in [1.29, 1.82) is 0 Å². The van der Waals surface area contributed by atoms with Crippen molar-refractivity contribution in [3.63, 3.8) is 0 Å². The predicted molar refractivity (Wildman–Crippen MR) is 77.9 cm³/mol. The van der Waals surface area contributed by atoms with Crippen LogP contribution in [0, 0.1) is 13.8 Å². The van der Waals surface area contributed by atoms with Gasteiger partial charge in [-0.2, -0.15) is 5.10 Å². The molecule has 2 aromatic rings. The lowest BCUT2D eigenvalue weighted by atomic mass is 10.1. The van der Waals surface area contributed by atoms with Gasteiger partial charge in [0.05, 0.1) is 11.9 Å². The fraction of sp³-hybridized carbons (Fsp3) is 0.200. The average molecular weight is 271 g/mol. The van der Waals surface area contributed by atoms with Crippen molar-refractivity contribution in [1.82, 2.24) is 10.4 Å². The molecule has 104 valence electrons. The minimum atomic E-state index is -0.296. The summed E-state index contributed by atoms with van der Waals surface area (Å²) in [6, 6.07) is 9.56. The summed E-state index contributed by atoms with van der Waals surface area (Å²) in [6.45, 7) is 3.83. The zero-order chi connectivity index (χ0) is 14.4. The lowest BCUT2D eigenvalue weighted by Gasteiger charge is -2.10. The molecule has 0 saturated heterocycles. The Labute approximate surface area is 117 Å². The first kappa shape index (κ1) is 13.9. The number of aromatic nitrogens is 1. The third kappa shape index (κ3) is 3.71. The lowest BCUT2D eigenvalue weighted by molar-refractivity contribution is -0.123. The third-order valence-corrected chi connectivity index (χ3v) is 2.77. The van der Waals surface area contributed by atoms with Crippen molar-refractivity contribution in [3.8, 4) is 5.75 Å². The highest BCUT2D eigenvalue weighted by Gasteiger charge is 2.06. The number of carbonyl (C=O) groups excluding carboxylic acids is 1. The third-order valence-electron chi connectivity index (χ3n) is 2.77. The second-order valence-electron chi connectivity index (χ2n) is 4.43. The number of nitrogens with zero attached hydrogens (tertiary/aromatic N) is 1. The first-order chi connectivity index (χ1) is 9.66. The van der Waals surface area contributed by atoms with Gasteiger partial charge in [0, 0.05) is 6.20 Å². The van der Waals surface area contributed by atoms with Crippen LogP contribution in [0.5, 0.6) is 5.75 Å². The first-order valence-electron chi connectivity index (χ1n) is 6.31. The van der Waals surface area contributed by atoms with Crippen LogP contribution in [0.2, 0.25) is 0 Å². The average Bonchev–Trinajstić information content (AvgIpc) is 2.91. The summed E-state index contributed by atoms with van der Waals surface area (Å²) in [5, 5.41) is 3.84. The van der Waals surface area contributed by atoms with Gasteiger partial charge in [0.25, 0.3) is 5.91 Å². The Kier molecular flexibility index (Phi) is 4.55. The molecule has 5 heteroatoms. The molecule has 0 bridgehead atoms. The summed E-state index contributed by atoms with van der Waals surface area (Å²) in [7, 11) is 0. The van der Waals surface area contributed by atoms with E-state index >= 15 is 0 Å². The molecule has 1 aromatic carbocycles. The number of benzene rings is 1. The first-order valence-corrected chi connectivity index (χ1v) is 6.31. The van der Waals surface area contributed by atoms with Crippen molar-refractivity contribution in [3.05, 3.63) is 53.3 Å². The van der Waals surface area contributed by atoms with Crippen LogP contribution in [-0.4, -0.2) is 23.7 Å². The Balaban J connectivity index is 1.83. The molecule has 1 heterocycles. The summed E-state index contributed by atoms with van der Waals surface area (Å²) in [5.41, 5.74) is 5.25. The number of hydrogen-bond donors (Lipinski definition) is 2. The molecule has 0 aliphatic carbocycles. The van der Waals surface area contributed by atoms with Crippen molar-refractivity contribution >= 4 is 12.1 Å². The molecule has 0 atom stereocenters. The molecule has 1 aromatic heterocycles. The predicted octanol–water partition coefficient (Wildman–Crippen LogP) is 2.16. The quantitative estimate of drug-likeness (QED) is 0.646. The Hall–Kier alpha value is -2.56. The normalized spacial score (nSPS) is 10.7. The monoisotopic (exact) mass is 271 g/mol. The largest absolute Gasteiger partial charge is 0.483 e. The van der Waals surface area contributed by atoms with Crippen molar-refractivity contribution in [2.24, 2.45) is 5.10 Å². The summed E-state index contributed by atoms with van der Waals surface area (Å²) in [5.74, 6) is 0.450. The lowest BCUT2D eigenvalue weighted by Crippen LogP contribution is -2.25. The molecule has 1 amide bonds. The molecule has 0 saturated carbocycles. The number of hydrazone groups is 1. The highest BCUT2D eigenvalue weighted by molar-refractivity contribution is 5.81. The number of ether oxygens (including phenoxy) is 1. The molecule has 2 rings (SSSR count).